The highest BCUT2D eigenvalue weighted by molar-refractivity contribution is 5.84. The van der Waals surface area contributed by atoms with Crippen molar-refractivity contribution in [2.24, 2.45) is 11.7 Å². The van der Waals surface area contributed by atoms with E-state index < -0.39 is 0 Å². The molecule has 4 heterocycles. The molecule has 0 amide bonds. The molecular weight excluding hydrogens is 492 g/mol. The Morgan fingerprint density at radius 3 is 2.54 bits per heavy atom. The second kappa shape index (κ2) is 10.8. The van der Waals surface area contributed by atoms with E-state index in [4.69, 9.17) is 30.2 Å². The number of aromatic nitrogens is 4. The van der Waals surface area contributed by atoms with Gasteiger partial charge in [-0.2, -0.15) is 9.97 Å². The number of ether oxygens (including phenoxy) is 2. The van der Waals surface area contributed by atoms with E-state index in [-0.39, 0.29) is 0 Å². The van der Waals surface area contributed by atoms with Gasteiger partial charge in [0.25, 0.3) is 0 Å². The first-order valence-electron chi connectivity index (χ1n) is 14.8. The van der Waals surface area contributed by atoms with E-state index in [0.29, 0.717) is 36.8 Å². The van der Waals surface area contributed by atoms with Crippen LogP contribution in [0.15, 0.2) is 24.5 Å². The summed E-state index contributed by atoms with van der Waals surface area (Å²) < 4.78 is 13.3. The zero-order valence-electron chi connectivity index (χ0n) is 22.6. The van der Waals surface area contributed by atoms with Crippen LogP contribution in [0.2, 0.25) is 0 Å². The first-order valence-corrected chi connectivity index (χ1v) is 14.8. The van der Waals surface area contributed by atoms with Crippen LogP contribution in [0.4, 0.5) is 11.8 Å². The molecule has 3 fully saturated rings. The fraction of sp³-hybridized carbons (Fsp3) is 0.621. The van der Waals surface area contributed by atoms with E-state index >= 15 is 0 Å². The summed E-state index contributed by atoms with van der Waals surface area (Å²) in [5, 5.41) is 5.94. The van der Waals surface area contributed by atoms with Crippen molar-refractivity contribution < 1.29 is 9.47 Å². The van der Waals surface area contributed by atoms with E-state index in [0.717, 1.165) is 86.5 Å². The van der Waals surface area contributed by atoms with Crippen molar-refractivity contribution in [2.45, 2.75) is 88.8 Å². The fourth-order valence-electron chi connectivity index (χ4n) is 6.75. The molecule has 2 saturated carbocycles. The zero-order chi connectivity index (χ0) is 26.2. The minimum Gasteiger partial charge on any atom is -0.454 e. The highest BCUT2D eigenvalue weighted by atomic mass is 16.7. The maximum absolute atomic E-state index is 6.15. The number of fused-ring (bicyclic) bond motifs is 2. The molecule has 10 nitrogen and oxygen atoms in total. The minimum atomic E-state index is 0.320. The lowest BCUT2D eigenvalue weighted by Gasteiger charge is -2.32. The van der Waals surface area contributed by atoms with E-state index in [1.54, 1.807) is 0 Å². The summed E-state index contributed by atoms with van der Waals surface area (Å²) in [4.78, 5) is 14.8. The zero-order valence-corrected chi connectivity index (χ0v) is 22.6. The van der Waals surface area contributed by atoms with Crippen LogP contribution in [0.3, 0.4) is 0 Å². The summed E-state index contributed by atoms with van der Waals surface area (Å²) in [5.41, 5.74) is 12.9. The van der Waals surface area contributed by atoms with Crippen molar-refractivity contribution in [1.82, 2.24) is 24.5 Å². The fourth-order valence-corrected chi connectivity index (χ4v) is 6.75. The molecule has 4 aliphatic rings. The smallest absolute Gasteiger partial charge is 0.231 e. The van der Waals surface area contributed by atoms with Gasteiger partial charge in [-0.25, -0.2) is 9.99 Å². The average Bonchev–Trinajstić information content (AvgIpc) is 3.72. The van der Waals surface area contributed by atoms with Crippen LogP contribution >= 0.6 is 0 Å². The molecule has 0 atom stereocenters. The van der Waals surface area contributed by atoms with E-state index in [1.165, 1.54) is 31.2 Å². The topological polar surface area (TPSA) is 115 Å². The number of anilines is 2. The number of nitrogens with zero attached hydrogens (tertiary/aromatic N) is 5. The minimum absolute atomic E-state index is 0.320. The van der Waals surface area contributed by atoms with Crippen molar-refractivity contribution in [3.63, 3.8) is 0 Å². The Balaban J connectivity index is 1.05. The second-order valence-corrected chi connectivity index (χ2v) is 11.8. The molecule has 1 aromatic carbocycles. The number of rotatable bonds is 7. The standard InChI is InChI=1S/C29H40N8O2/c30-21-6-8-22(9-7-21)32-29-33-27(26-28(34-29)37(17-31-26)23-3-1-2-4-23)35-36-13-11-19(12-14-36)15-20-5-10-24-25(16-20)39-18-38-24/h5,10,16-17,19,21-23H,1-4,6-9,11-15,18,30H2,(H2,32,33,34,35)/t21-,22-. The number of hydrogen-bond donors (Lipinski definition) is 3. The predicted molar refractivity (Wildman–Crippen MR) is 151 cm³/mol. The van der Waals surface area contributed by atoms with E-state index in [1.807, 2.05) is 12.4 Å². The summed E-state index contributed by atoms with van der Waals surface area (Å²) in [6, 6.07) is 7.51. The van der Waals surface area contributed by atoms with Gasteiger partial charge < -0.3 is 30.5 Å². The Morgan fingerprint density at radius 1 is 0.923 bits per heavy atom. The van der Waals surface area contributed by atoms with Crippen LogP contribution < -0.4 is 25.9 Å². The Bertz CT molecular complexity index is 1290. The molecule has 0 spiro atoms. The van der Waals surface area contributed by atoms with E-state index in [2.05, 4.69) is 32.5 Å². The monoisotopic (exact) mass is 532 g/mol. The van der Waals surface area contributed by atoms with Gasteiger partial charge >= 0.3 is 0 Å². The maximum Gasteiger partial charge on any atom is 0.231 e. The molecule has 0 bridgehead atoms. The average molecular weight is 533 g/mol. The highest BCUT2D eigenvalue weighted by Gasteiger charge is 2.26. The van der Waals surface area contributed by atoms with Crippen LogP contribution in [0, 0.1) is 5.92 Å². The number of nitrogens with two attached hydrogens (primary N) is 1. The molecule has 39 heavy (non-hydrogen) atoms. The number of hydrazine groups is 1. The highest BCUT2D eigenvalue weighted by Crippen LogP contribution is 2.35. The molecule has 7 rings (SSSR count). The number of benzene rings is 1. The van der Waals surface area contributed by atoms with Crippen LogP contribution in [0.25, 0.3) is 11.2 Å². The Kier molecular flexibility index (Phi) is 6.90. The molecule has 1 saturated heterocycles. The van der Waals surface area contributed by atoms with E-state index in [9.17, 15) is 0 Å². The first-order chi connectivity index (χ1) is 19.2. The normalized spacial score (nSPS) is 24.4. The van der Waals surface area contributed by atoms with Crippen LogP contribution in [-0.2, 0) is 6.42 Å². The summed E-state index contributed by atoms with van der Waals surface area (Å²) >= 11 is 0. The lowest BCUT2D eigenvalue weighted by molar-refractivity contribution is 0.174. The van der Waals surface area contributed by atoms with Gasteiger partial charge in [0.1, 0.15) is 0 Å². The lowest BCUT2D eigenvalue weighted by atomic mass is 9.90. The third kappa shape index (κ3) is 5.36. The van der Waals surface area contributed by atoms with Gasteiger partial charge in [0.05, 0.1) is 6.33 Å². The van der Waals surface area contributed by atoms with Crippen molar-refractivity contribution in [2.75, 3.05) is 30.6 Å². The van der Waals surface area contributed by atoms with Gasteiger partial charge in [0.15, 0.2) is 28.5 Å². The Labute approximate surface area is 229 Å². The molecule has 2 aliphatic heterocycles. The Hall–Kier alpha value is -3.11. The second-order valence-electron chi connectivity index (χ2n) is 11.8. The van der Waals surface area contributed by atoms with Crippen molar-refractivity contribution in [3.8, 4) is 11.5 Å². The summed E-state index contributed by atoms with van der Waals surface area (Å²) in [5.74, 6) is 3.87. The number of imidazole rings is 1. The molecule has 10 heteroatoms. The van der Waals surface area contributed by atoms with Gasteiger partial charge in [0, 0.05) is 31.2 Å². The van der Waals surface area contributed by atoms with Crippen molar-refractivity contribution >= 4 is 22.9 Å². The maximum atomic E-state index is 6.15. The summed E-state index contributed by atoms with van der Waals surface area (Å²) in [7, 11) is 0. The molecule has 0 unspecified atom stereocenters. The largest absolute Gasteiger partial charge is 0.454 e. The van der Waals surface area contributed by atoms with Gasteiger partial charge in [-0.1, -0.05) is 18.9 Å². The molecule has 208 valence electrons. The first kappa shape index (κ1) is 24.9. The van der Waals surface area contributed by atoms with Crippen LogP contribution in [0.1, 0.15) is 75.8 Å². The molecule has 0 radical (unpaired) electrons. The number of piperidine rings is 1. The van der Waals surface area contributed by atoms with Crippen LogP contribution in [-0.4, -0.2) is 56.5 Å². The third-order valence-electron chi connectivity index (χ3n) is 9.08. The van der Waals surface area contributed by atoms with Gasteiger partial charge in [-0.3, -0.25) is 0 Å². The summed E-state index contributed by atoms with van der Waals surface area (Å²) in [6.07, 6.45) is 14.4. The Morgan fingerprint density at radius 2 is 1.72 bits per heavy atom. The molecule has 3 aromatic rings. The molecule has 2 aromatic heterocycles. The number of nitrogens with one attached hydrogen (secondary N) is 2. The summed E-state index contributed by atoms with van der Waals surface area (Å²) in [6.45, 7) is 2.25. The van der Waals surface area contributed by atoms with Crippen LogP contribution in [0.5, 0.6) is 11.5 Å². The predicted octanol–water partition coefficient (Wildman–Crippen LogP) is 4.63. The molecular formula is C29H40N8O2. The van der Waals surface area contributed by atoms with Gasteiger partial charge in [-0.05, 0) is 81.4 Å². The molecule has 4 N–H and O–H groups in total. The third-order valence-corrected chi connectivity index (χ3v) is 9.08. The van der Waals surface area contributed by atoms with Crippen molar-refractivity contribution in [1.29, 1.82) is 0 Å². The quantitative estimate of drug-likeness (QED) is 0.400. The number of hydrogen-bond acceptors (Lipinski definition) is 9. The van der Waals surface area contributed by atoms with Gasteiger partial charge in [-0.15, -0.1) is 0 Å². The molecule has 2 aliphatic carbocycles. The lowest BCUT2D eigenvalue weighted by Crippen LogP contribution is -2.39. The van der Waals surface area contributed by atoms with Gasteiger partial charge in [0.2, 0.25) is 12.7 Å². The SMILES string of the molecule is N[C@H]1CC[C@H](Nc2nc(NN3CCC(Cc4ccc5c(c4)OCO5)CC3)c3ncn(C4CCCC4)c3n2)CC1. The van der Waals surface area contributed by atoms with Crippen molar-refractivity contribution in [3.05, 3.63) is 30.1 Å².